The number of hydrogen-bond donors (Lipinski definition) is 3. The third kappa shape index (κ3) is 7.75. The summed E-state index contributed by atoms with van der Waals surface area (Å²) in [5.41, 5.74) is 4.36. The van der Waals surface area contributed by atoms with Crippen molar-refractivity contribution in [2.24, 2.45) is 5.41 Å². The van der Waals surface area contributed by atoms with E-state index in [9.17, 15) is 22.8 Å². The van der Waals surface area contributed by atoms with Gasteiger partial charge in [-0.2, -0.15) is 17.0 Å². The van der Waals surface area contributed by atoms with Crippen LogP contribution >= 0.6 is 0 Å². The van der Waals surface area contributed by atoms with E-state index in [0.717, 1.165) is 27.8 Å². The summed E-state index contributed by atoms with van der Waals surface area (Å²) in [7, 11) is 1.26. The van der Waals surface area contributed by atoms with Crippen molar-refractivity contribution >= 4 is 39.4 Å². The van der Waals surface area contributed by atoms with Crippen LogP contribution in [-0.4, -0.2) is 85.4 Å². The summed E-state index contributed by atoms with van der Waals surface area (Å²) >= 11 is 0. The maximum atomic E-state index is 14.5. The number of carbonyl (C=O) groups excluding carboxylic acids is 3. The van der Waals surface area contributed by atoms with E-state index in [2.05, 4.69) is 20.9 Å². The quantitative estimate of drug-likeness (QED) is 0.283. The van der Waals surface area contributed by atoms with E-state index < -0.39 is 15.6 Å². The highest BCUT2D eigenvalue weighted by Gasteiger charge is 2.45. The monoisotopic (exact) mass is 675 g/mol. The number of nitrogens with one attached hydrogen (secondary N) is 3. The number of piperidine rings is 1. The molecule has 12 nitrogen and oxygen atoms in total. The molecule has 2 aliphatic heterocycles. The molecule has 5 rings (SSSR count). The van der Waals surface area contributed by atoms with Crippen LogP contribution in [0.2, 0.25) is 0 Å². The molecule has 0 radical (unpaired) electrons. The molecule has 0 aliphatic carbocycles. The van der Waals surface area contributed by atoms with Gasteiger partial charge in [-0.3, -0.25) is 14.4 Å². The first-order valence-electron chi connectivity index (χ1n) is 16.3. The van der Waals surface area contributed by atoms with E-state index in [4.69, 9.17) is 0 Å². The molecule has 48 heavy (non-hydrogen) atoms. The minimum Gasteiger partial charge on any atom is -0.329 e. The second-order valence-electron chi connectivity index (χ2n) is 12.7. The van der Waals surface area contributed by atoms with Crippen molar-refractivity contribution in [3.8, 4) is 0 Å². The van der Waals surface area contributed by atoms with Crippen molar-refractivity contribution in [2.45, 2.75) is 52.1 Å². The lowest BCUT2D eigenvalue weighted by Gasteiger charge is -2.42. The number of rotatable bonds is 11. The molecule has 0 bridgehead atoms. The molecular formula is C35H45N7O5S. The molecule has 2 aliphatic rings. The summed E-state index contributed by atoms with van der Waals surface area (Å²) in [5, 5.41) is 9.01. The summed E-state index contributed by atoms with van der Waals surface area (Å²) in [6.45, 7) is 3.03. The largest absolute Gasteiger partial charge is 0.329 e. The first kappa shape index (κ1) is 35.1. The predicted molar refractivity (Wildman–Crippen MR) is 185 cm³/mol. The van der Waals surface area contributed by atoms with Crippen LogP contribution in [0.3, 0.4) is 0 Å². The number of fused-ring (bicyclic) bond motifs is 2. The number of pyridine rings is 1. The van der Waals surface area contributed by atoms with Gasteiger partial charge in [-0.25, -0.2) is 4.98 Å². The van der Waals surface area contributed by atoms with Crippen LogP contribution in [0, 0.1) is 5.41 Å². The maximum absolute atomic E-state index is 14.5. The van der Waals surface area contributed by atoms with Gasteiger partial charge >= 0.3 is 0 Å². The first-order valence-corrected chi connectivity index (χ1v) is 17.7. The van der Waals surface area contributed by atoms with Gasteiger partial charge in [0.1, 0.15) is 12.4 Å². The Balaban J connectivity index is 1.38. The molecule has 1 fully saturated rings. The first-order chi connectivity index (χ1) is 23.0. The number of hydrogen-bond acceptors (Lipinski definition) is 7. The molecule has 0 atom stereocenters. The van der Waals surface area contributed by atoms with Gasteiger partial charge in [-0.1, -0.05) is 43.3 Å². The molecule has 0 spiro atoms. The van der Waals surface area contributed by atoms with Crippen LogP contribution in [0.25, 0.3) is 0 Å². The molecule has 1 aromatic heterocycles. The van der Waals surface area contributed by atoms with Crippen molar-refractivity contribution in [1.82, 2.24) is 23.8 Å². The SMILES string of the molecule is CCC1(C(=O)N(CC(=O)Nc2ccc3c(c2)CC(=O)Nc2ncccc2C3)Cc2ccccc2CNC)CCN(S(=O)(=O)N(C)C)CC1. The van der Waals surface area contributed by atoms with Gasteiger partial charge in [-0.05, 0) is 72.3 Å². The molecule has 3 heterocycles. The molecule has 3 amide bonds. The summed E-state index contributed by atoms with van der Waals surface area (Å²) in [6.07, 6.45) is 3.61. The minimum atomic E-state index is -3.60. The Morgan fingerprint density at radius 3 is 2.40 bits per heavy atom. The zero-order valence-corrected chi connectivity index (χ0v) is 28.9. The summed E-state index contributed by atoms with van der Waals surface area (Å²) in [6, 6.07) is 17.1. The van der Waals surface area contributed by atoms with E-state index in [-0.39, 0.29) is 50.3 Å². The average Bonchev–Trinajstić information content (AvgIpc) is 3.06. The van der Waals surface area contributed by atoms with Crippen molar-refractivity contribution in [3.05, 3.63) is 88.6 Å². The Morgan fingerprint density at radius 1 is 0.979 bits per heavy atom. The van der Waals surface area contributed by atoms with Gasteiger partial charge in [0.2, 0.25) is 17.7 Å². The topological polar surface area (TPSA) is 144 Å². The number of aromatic nitrogens is 1. The van der Waals surface area contributed by atoms with Crippen LogP contribution in [0.15, 0.2) is 60.8 Å². The van der Waals surface area contributed by atoms with E-state index in [1.54, 1.807) is 11.1 Å². The molecule has 0 unspecified atom stereocenters. The molecule has 0 saturated carbocycles. The molecule has 256 valence electrons. The molecule has 13 heteroatoms. The summed E-state index contributed by atoms with van der Waals surface area (Å²) in [5.74, 6) is -0.159. The van der Waals surface area contributed by atoms with Crippen LogP contribution in [0.5, 0.6) is 0 Å². The lowest BCUT2D eigenvalue weighted by Crippen LogP contribution is -2.53. The zero-order valence-electron chi connectivity index (χ0n) is 28.1. The van der Waals surface area contributed by atoms with Gasteiger partial charge in [0.15, 0.2) is 0 Å². The maximum Gasteiger partial charge on any atom is 0.281 e. The second kappa shape index (κ2) is 14.9. The fraction of sp³-hybridized carbons (Fsp3) is 0.429. The Hall–Kier alpha value is -4.17. The van der Waals surface area contributed by atoms with Gasteiger partial charge in [0, 0.05) is 58.6 Å². The van der Waals surface area contributed by atoms with Crippen molar-refractivity contribution in [2.75, 3.05) is 51.4 Å². The molecule has 2 aromatic carbocycles. The van der Waals surface area contributed by atoms with E-state index >= 15 is 0 Å². The standard InChI is InChI=1S/C35H45N7O5S/c1-5-35(14-17-42(18-15-35)48(46,47)40(3)4)34(45)41(23-28-10-7-6-9-27(28)22-36-2)24-32(44)38-30-13-12-25-19-26-11-8-16-37-33(26)39-31(43)21-29(25)20-30/h6-13,16,20,36H,5,14-15,17-19,21-24H2,1-4H3,(H,38,44)(H,37,39,43). The lowest BCUT2D eigenvalue weighted by atomic mass is 9.75. The Kier molecular flexibility index (Phi) is 10.9. The molecule has 1 saturated heterocycles. The fourth-order valence-corrected chi connectivity index (χ4v) is 7.68. The molecule has 3 N–H and O–H groups in total. The second-order valence-corrected chi connectivity index (χ2v) is 14.9. The van der Waals surface area contributed by atoms with Gasteiger partial charge in [0.05, 0.1) is 11.8 Å². The normalized spacial score (nSPS) is 16.2. The molecule has 3 aromatic rings. The van der Waals surface area contributed by atoms with Crippen LogP contribution < -0.4 is 16.0 Å². The predicted octanol–water partition coefficient (Wildman–Crippen LogP) is 3.15. The highest BCUT2D eigenvalue weighted by Crippen LogP contribution is 2.38. The Bertz CT molecular complexity index is 1770. The van der Waals surface area contributed by atoms with Crippen molar-refractivity contribution in [3.63, 3.8) is 0 Å². The fourth-order valence-electron chi connectivity index (χ4n) is 6.57. The lowest BCUT2D eigenvalue weighted by molar-refractivity contribution is -0.147. The highest BCUT2D eigenvalue weighted by atomic mass is 32.2. The van der Waals surface area contributed by atoms with E-state index in [1.807, 2.05) is 68.6 Å². The highest BCUT2D eigenvalue weighted by molar-refractivity contribution is 7.86. The van der Waals surface area contributed by atoms with Crippen LogP contribution in [-0.2, 0) is 50.5 Å². The smallest absolute Gasteiger partial charge is 0.281 e. The third-order valence-corrected chi connectivity index (χ3v) is 11.4. The summed E-state index contributed by atoms with van der Waals surface area (Å²) in [4.78, 5) is 46.8. The Labute approximate surface area is 283 Å². The van der Waals surface area contributed by atoms with Crippen LogP contribution in [0.4, 0.5) is 11.5 Å². The number of carbonyl (C=O) groups is 3. The minimum absolute atomic E-state index is 0.140. The third-order valence-electron chi connectivity index (χ3n) is 9.44. The van der Waals surface area contributed by atoms with Gasteiger partial charge in [0.25, 0.3) is 10.2 Å². The van der Waals surface area contributed by atoms with E-state index in [1.165, 1.54) is 22.7 Å². The van der Waals surface area contributed by atoms with Crippen LogP contribution in [0.1, 0.15) is 54.0 Å². The Morgan fingerprint density at radius 2 is 1.71 bits per heavy atom. The molecular weight excluding hydrogens is 630 g/mol. The average molecular weight is 676 g/mol. The van der Waals surface area contributed by atoms with E-state index in [0.29, 0.717) is 43.7 Å². The number of benzene rings is 2. The van der Waals surface area contributed by atoms with Crippen molar-refractivity contribution < 1.29 is 22.8 Å². The number of nitrogens with zero attached hydrogens (tertiary/aromatic N) is 4. The number of amides is 3. The van der Waals surface area contributed by atoms with Crippen molar-refractivity contribution in [1.29, 1.82) is 0 Å². The number of anilines is 2. The van der Waals surface area contributed by atoms with Gasteiger partial charge in [-0.15, -0.1) is 0 Å². The van der Waals surface area contributed by atoms with Gasteiger partial charge < -0.3 is 20.9 Å². The summed E-state index contributed by atoms with van der Waals surface area (Å²) < 4.78 is 28.2. The zero-order chi connectivity index (χ0) is 34.5.